The highest BCUT2D eigenvalue weighted by Gasteiger charge is 2.58. The van der Waals surface area contributed by atoms with Crippen LogP contribution in [0.15, 0.2) is 23.8 Å². The van der Waals surface area contributed by atoms with E-state index in [4.69, 9.17) is 11.1 Å². The first-order valence-corrected chi connectivity index (χ1v) is 10.5. The Morgan fingerprint density at radius 1 is 1.27 bits per heavy atom. The van der Waals surface area contributed by atoms with E-state index < -0.39 is 0 Å². The number of nitrogens with two attached hydrogens (primary N) is 1. The Hall–Kier alpha value is -1.38. The van der Waals surface area contributed by atoms with Crippen molar-refractivity contribution in [1.29, 1.82) is 5.41 Å². The van der Waals surface area contributed by atoms with Gasteiger partial charge in [-0.1, -0.05) is 32.9 Å². The van der Waals surface area contributed by atoms with Crippen LogP contribution in [0.2, 0.25) is 0 Å². The average Bonchev–Trinajstić information content (AvgIpc) is 2.92. The number of ketones is 1. The van der Waals surface area contributed by atoms with E-state index in [1.54, 1.807) is 0 Å². The molecule has 0 heterocycles. The Labute approximate surface area is 158 Å². The largest absolute Gasteiger partial charge is 0.388 e. The van der Waals surface area contributed by atoms with E-state index in [0.29, 0.717) is 40.7 Å². The maximum Gasteiger partial charge on any atom is 0.156 e. The van der Waals surface area contributed by atoms with Crippen LogP contribution in [0.1, 0.15) is 65.7 Å². The maximum atomic E-state index is 11.9. The average molecular weight is 355 g/mol. The fourth-order valence-corrected chi connectivity index (χ4v) is 7.46. The fraction of sp³-hybridized carbons (Fsp3) is 0.739. The summed E-state index contributed by atoms with van der Waals surface area (Å²) in [7, 11) is 0. The third-order valence-electron chi connectivity index (χ3n) is 8.82. The van der Waals surface area contributed by atoms with Crippen molar-refractivity contribution in [2.75, 3.05) is 0 Å². The lowest BCUT2D eigenvalue weighted by atomic mass is 9.48. The van der Waals surface area contributed by atoms with Crippen molar-refractivity contribution in [2.45, 2.75) is 65.7 Å². The third-order valence-corrected chi connectivity index (χ3v) is 8.82. The summed E-state index contributed by atoms with van der Waals surface area (Å²) >= 11 is 0. The van der Waals surface area contributed by atoms with Gasteiger partial charge in [0.2, 0.25) is 0 Å². The second-order valence-electron chi connectivity index (χ2n) is 10.1. The van der Waals surface area contributed by atoms with E-state index in [1.165, 1.54) is 31.3 Å². The summed E-state index contributed by atoms with van der Waals surface area (Å²) < 4.78 is 0. The van der Waals surface area contributed by atoms with Gasteiger partial charge >= 0.3 is 0 Å². The van der Waals surface area contributed by atoms with E-state index in [1.807, 2.05) is 6.08 Å². The highest BCUT2D eigenvalue weighted by molar-refractivity contribution is 5.92. The molecule has 7 atom stereocenters. The van der Waals surface area contributed by atoms with Gasteiger partial charge in [0.15, 0.2) is 5.78 Å². The van der Waals surface area contributed by atoms with Gasteiger partial charge in [-0.25, -0.2) is 0 Å². The van der Waals surface area contributed by atoms with Gasteiger partial charge in [0, 0.05) is 12.8 Å². The second-order valence-corrected chi connectivity index (χ2v) is 10.1. The topological polar surface area (TPSA) is 66.9 Å². The Morgan fingerprint density at radius 2 is 2.04 bits per heavy atom. The molecule has 2 saturated carbocycles. The van der Waals surface area contributed by atoms with Crippen LogP contribution in [-0.2, 0) is 4.79 Å². The van der Waals surface area contributed by atoms with Gasteiger partial charge in [-0.15, -0.1) is 0 Å². The van der Waals surface area contributed by atoms with Crippen molar-refractivity contribution in [3.8, 4) is 0 Å². The normalized spacial score (nSPS) is 45.3. The monoisotopic (exact) mass is 354 g/mol. The number of nitrogens with one attached hydrogen (secondary N) is 1. The summed E-state index contributed by atoms with van der Waals surface area (Å²) in [5.41, 5.74) is 7.58. The van der Waals surface area contributed by atoms with Gasteiger partial charge in [-0.05, 0) is 84.2 Å². The van der Waals surface area contributed by atoms with Crippen LogP contribution in [0, 0.1) is 45.8 Å². The molecule has 0 aromatic carbocycles. The lowest BCUT2D eigenvalue weighted by Crippen LogP contribution is -2.49. The number of rotatable bonds is 3. The molecule has 0 radical (unpaired) electrons. The summed E-state index contributed by atoms with van der Waals surface area (Å²) in [4.78, 5) is 11.9. The molecule has 3 heteroatoms. The summed E-state index contributed by atoms with van der Waals surface area (Å²) in [6.45, 7) is 7.24. The van der Waals surface area contributed by atoms with Crippen LogP contribution in [0.25, 0.3) is 0 Å². The van der Waals surface area contributed by atoms with Gasteiger partial charge in [0.1, 0.15) is 0 Å². The molecule has 0 aromatic heterocycles. The highest BCUT2D eigenvalue weighted by Crippen LogP contribution is 2.66. The number of hydrogen-bond acceptors (Lipinski definition) is 2. The molecule has 3 N–H and O–H groups in total. The Balaban J connectivity index is 1.64. The molecular formula is C23H34N2O. The zero-order valence-electron chi connectivity index (χ0n) is 16.6. The van der Waals surface area contributed by atoms with Crippen LogP contribution < -0.4 is 5.73 Å². The van der Waals surface area contributed by atoms with E-state index in [9.17, 15) is 4.79 Å². The number of hydrogen-bond donors (Lipinski definition) is 2. The first kappa shape index (κ1) is 18.0. The van der Waals surface area contributed by atoms with Crippen molar-refractivity contribution < 1.29 is 4.79 Å². The molecule has 0 bridgehead atoms. The number of carbonyl (C=O) groups is 1. The van der Waals surface area contributed by atoms with Gasteiger partial charge in [0.05, 0.1) is 5.84 Å². The molecule has 4 rings (SSSR count). The molecule has 142 valence electrons. The predicted octanol–water partition coefficient (Wildman–Crippen LogP) is 4.87. The minimum atomic E-state index is 0.192. The summed E-state index contributed by atoms with van der Waals surface area (Å²) in [5, 5.41) is 7.71. The SMILES string of the molecule is C[C@H](CC(=N)N)[C@H]1CCC2C3C=CC4=CC(=O)CC[C@]4(C)C3CC[C@@]21C. The second kappa shape index (κ2) is 6.07. The van der Waals surface area contributed by atoms with E-state index in [2.05, 4.69) is 32.9 Å². The fourth-order valence-electron chi connectivity index (χ4n) is 7.46. The van der Waals surface area contributed by atoms with Gasteiger partial charge < -0.3 is 5.73 Å². The van der Waals surface area contributed by atoms with E-state index in [0.717, 1.165) is 25.2 Å². The lowest BCUT2D eigenvalue weighted by molar-refractivity contribution is -0.116. The minimum Gasteiger partial charge on any atom is -0.388 e. The zero-order valence-corrected chi connectivity index (χ0v) is 16.6. The first-order chi connectivity index (χ1) is 12.3. The van der Waals surface area contributed by atoms with Crippen LogP contribution in [0.5, 0.6) is 0 Å². The molecule has 3 nitrogen and oxygen atoms in total. The molecule has 26 heavy (non-hydrogen) atoms. The maximum absolute atomic E-state index is 11.9. The molecular weight excluding hydrogens is 320 g/mol. The smallest absolute Gasteiger partial charge is 0.156 e. The number of fused-ring (bicyclic) bond motifs is 5. The van der Waals surface area contributed by atoms with Crippen LogP contribution in [0.3, 0.4) is 0 Å². The predicted molar refractivity (Wildman–Crippen MR) is 106 cm³/mol. The van der Waals surface area contributed by atoms with Crippen molar-refractivity contribution in [3.63, 3.8) is 0 Å². The molecule has 3 unspecified atom stereocenters. The standard InChI is InChI=1S/C23H34N2O/c1-14(12-21(24)25)18-6-7-19-17-5-4-15-13-16(26)8-10-22(15,2)20(17)9-11-23(18,19)3/h4-5,13-14,17-20H,6-12H2,1-3H3,(H3,24,25)/t14-,17?,18-,19?,20?,22+,23-/m1/s1. The number of allylic oxidation sites excluding steroid dienone is 4. The Bertz CT molecular complexity index is 692. The highest BCUT2D eigenvalue weighted by atomic mass is 16.1. The molecule has 4 aliphatic carbocycles. The lowest BCUT2D eigenvalue weighted by Gasteiger charge is -2.56. The van der Waals surface area contributed by atoms with Gasteiger partial charge in [-0.2, -0.15) is 0 Å². The van der Waals surface area contributed by atoms with Crippen molar-refractivity contribution in [1.82, 2.24) is 0 Å². The first-order valence-electron chi connectivity index (χ1n) is 10.5. The Kier molecular flexibility index (Phi) is 4.20. The quantitative estimate of drug-likeness (QED) is 0.561. The van der Waals surface area contributed by atoms with Crippen molar-refractivity contribution in [2.24, 2.45) is 46.2 Å². The molecule has 0 amide bonds. The van der Waals surface area contributed by atoms with Crippen LogP contribution in [-0.4, -0.2) is 11.6 Å². The summed E-state index contributed by atoms with van der Waals surface area (Å²) in [6.07, 6.45) is 14.3. The molecule has 4 aliphatic rings. The molecule has 0 spiro atoms. The van der Waals surface area contributed by atoms with Crippen molar-refractivity contribution in [3.05, 3.63) is 23.8 Å². The van der Waals surface area contributed by atoms with Crippen LogP contribution in [0.4, 0.5) is 0 Å². The van der Waals surface area contributed by atoms with Gasteiger partial charge in [0.25, 0.3) is 0 Å². The van der Waals surface area contributed by atoms with E-state index in [-0.39, 0.29) is 5.41 Å². The van der Waals surface area contributed by atoms with Crippen molar-refractivity contribution >= 4 is 11.6 Å². The molecule has 0 aromatic rings. The number of amidine groups is 1. The minimum absolute atomic E-state index is 0.192. The molecule has 2 fully saturated rings. The van der Waals surface area contributed by atoms with Gasteiger partial charge in [-0.3, -0.25) is 10.2 Å². The molecule has 0 saturated heterocycles. The van der Waals surface area contributed by atoms with Crippen LogP contribution >= 0.6 is 0 Å². The summed E-state index contributed by atoms with van der Waals surface area (Å²) in [6, 6.07) is 0. The summed E-state index contributed by atoms with van der Waals surface area (Å²) in [5.74, 6) is 3.91. The third kappa shape index (κ3) is 2.53. The Morgan fingerprint density at radius 3 is 2.77 bits per heavy atom. The molecule has 0 aliphatic heterocycles. The zero-order chi connectivity index (χ0) is 18.7. The number of carbonyl (C=O) groups excluding carboxylic acids is 1. The van der Waals surface area contributed by atoms with E-state index >= 15 is 0 Å².